The van der Waals surface area contributed by atoms with Gasteiger partial charge >= 0.3 is 0 Å². The number of hydrogen-bond donors (Lipinski definition) is 2. The van der Waals surface area contributed by atoms with Gasteiger partial charge in [0.15, 0.2) is 0 Å². The molecule has 0 saturated heterocycles. The number of para-hydroxylation sites is 1. The Bertz CT molecular complexity index is 340. The lowest BCUT2D eigenvalue weighted by Gasteiger charge is -2.20. The van der Waals surface area contributed by atoms with E-state index in [4.69, 9.17) is 10.5 Å². The minimum atomic E-state index is 0.366. The van der Waals surface area contributed by atoms with E-state index in [1.807, 2.05) is 18.2 Å². The maximum absolute atomic E-state index is 5.90. The zero-order valence-electron chi connectivity index (χ0n) is 9.78. The van der Waals surface area contributed by atoms with Crippen molar-refractivity contribution in [3.63, 3.8) is 0 Å². The second kappa shape index (κ2) is 5.32. The molecule has 1 fully saturated rings. The van der Waals surface area contributed by atoms with Gasteiger partial charge < -0.3 is 15.8 Å². The smallest absolute Gasteiger partial charge is 0.0724 e. The summed E-state index contributed by atoms with van der Waals surface area (Å²) < 4.78 is 5.45. The molecule has 0 spiro atoms. The molecule has 1 aromatic carbocycles. The third kappa shape index (κ3) is 2.54. The highest BCUT2D eigenvalue weighted by Crippen LogP contribution is 2.22. The Labute approximate surface area is 97.0 Å². The first kappa shape index (κ1) is 11.4. The highest BCUT2D eigenvalue weighted by Gasteiger charge is 2.26. The Morgan fingerprint density at radius 1 is 1.38 bits per heavy atom. The first-order chi connectivity index (χ1) is 7.81. The molecule has 1 aromatic rings. The van der Waals surface area contributed by atoms with Crippen LogP contribution in [0, 0.1) is 0 Å². The molecule has 88 valence electrons. The molecular weight excluding hydrogens is 200 g/mol. The molecule has 2 rings (SSSR count). The lowest BCUT2D eigenvalue weighted by Crippen LogP contribution is -2.36. The molecule has 1 aliphatic rings. The lowest BCUT2D eigenvalue weighted by molar-refractivity contribution is 0.0847. The first-order valence-corrected chi connectivity index (χ1v) is 5.91. The Morgan fingerprint density at radius 3 is 2.94 bits per heavy atom. The highest BCUT2D eigenvalue weighted by molar-refractivity contribution is 5.46. The molecule has 0 radical (unpaired) electrons. The fraction of sp³-hybridized carbons (Fsp3) is 0.538. The maximum atomic E-state index is 5.90. The number of nitrogen functional groups attached to an aromatic ring is 1. The SMILES string of the molecule is COC1CCCC1NCc1ccccc1N. The first-order valence-electron chi connectivity index (χ1n) is 5.91. The van der Waals surface area contributed by atoms with E-state index in [1.165, 1.54) is 24.8 Å². The molecule has 16 heavy (non-hydrogen) atoms. The van der Waals surface area contributed by atoms with E-state index in [-0.39, 0.29) is 0 Å². The summed E-state index contributed by atoms with van der Waals surface area (Å²) in [5.41, 5.74) is 7.93. The predicted molar refractivity (Wildman–Crippen MR) is 66.1 cm³/mol. The number of nitrogens with two attached hydrogens (primary N) is 1. The number of methoxy groups -OCH3 is 1. The Kier molecular flexibility index (Phi) is 3.80. The highest BCUT2D eigenvalue weighted by atomic mass is 16.5. The number of rotatable bonds is 4. The Balaban J connectivity index is 1.90. The van der Waals surface area contributed by atoms with Gasteiger partial charge in [0.1, 0.15) is 0 Å². The van der Waals surface area contributed by atoms with Crippen LogP contribution in [0.4, 0.5) is 5.69 Å². The molecule has 0 heterocycles. The molecule has 0 amide bonds. The Hall–Kier alpha value is -1.06. The summed E-state index contributed by atoms with van der Waals surface area (Å²) in [7, 11) is 1.79. The van der Waals surface area contributed by atoms with Crippen molar-refractivity contribution in [2.24, 2.45) is 0 Å². The molecule has 1 aliphatic carbocycles. The largest absolute Gasteiger partial charge is 0.398 e. The number of nitrogens with one attached hydrogen (secondary N) is 1. The molecule has 2 unspecified atom stereocenters. The van der Waals surface area contributed by atoms with Crippen molar-refractivity contribution in [3.05, 3.63) is 29.8 Å². The van der Waals surface area contributed by atoms with Gasteiger partial charge in [0, 0.05) is 25.4 Å². The van der Waals surface area contributed by atoms with Crippen LogP contribution >= 0.6 is 0 Å². The van der Waals surface area contributed by atoms with Crippen molar-refractivity contribution >= 4 is 5.69 Å². The normalized spacial score (nSPS) is 24.8. The fourth-order valence-electron chi connectivity index (χ4n) is 2.38. The Morgan fingerprint density at radius 2 is 2.19 bits per heavy atom. The standard InChI is InChI=1S/C13H20N2O/c1-16-13-8-4-7-12(13)15-9-10-5-2-3-6-11(10)14/h2-3,5-6,12-13,15H,4,7-9,14H2,1H3. The van der Waals surface area contributed by atoms with E-state index in [0.717, 1.165) is 12.2 Å². The fourth-order valence-corrected chi connectivity index (χ4v) is 2.38. The number of hydrogen-bond acceptors (Lipinski definition) is 3. The molecule has 3 nitrogen and oxygen atoms in total. The second-order valence-corrected chi connectivity index (χ2v) is 4.39. The summed E-state index contributed by atoms with van der Waals surface area (Å²) in [5.74, 6) is 0. The number of ether oxygens (including phenoxy) is 1. The summed E-state index contributed by atoms with van der Waals surface area (Å²) in [6.45, 7) is 0.831. The van der Waals surface area contributed by atoms with Crippen LogP contribution in [0.3, 0.4) is 0 Å². The summed E-state index contributed by atoms with van der Waals surface area (Å²) in [4.78, 5) is 0. The van der Waals surface area contributed by atoms with E-state index in [0.29, 0.717) is 12.1 Å². The van der Waals surface area contributed by atoms with Crippen molar-refractivity contribution in [2.75, 3.05) is 12.8 Å². The average molecular weight is 220 g/mol. The minimum absolute atomic E-state index is 0.366. The quantitative estimate of drug-likeness (QED) is 0.762. The molecular formula is C13H20N2O. The predicted octanol–water partition coefficient (Wildman–Crippen LogP) is 1.93. The van der Waals surface area contributed by atoms with Crippen LogP contribution in [0.5, 0.6) is 0 Å². The van der Waals surface area contributed by atoms with Crippen LogP contribution in [-0.2, 0) is 11.3 Å². The van der Waals surface area contributed by atoms with Crippen LogP contribution in [0.15, 0.2) is 24.3 Å². The van der Waals surface area contributed by atoms with Crippen molar-refractivity contribution < 1.29 is 4.74 Å². The third-order valence-electron chi connectivity index (χ3n) is 3.37. The summed E-state index contributed by atoms with van der Waals surface area (Å²) in [6, 6.07) is 8.48. The molecule has 3 N–H and O–H groups in total. The zero-order valence-corrected chi connectivity index (χ0v) is 9.78. The van der Waals surface area contributed by atoms with Crippen LogP contribution in [0.25, 0.3) is 0 Å². The minimum Gasteiger partial charge on any atom is -0.398 e. The van der Waals surface area contributed by atoms with E-state index >= 15 is 0 Å². The lowest BCUT2D eigenvalue weighted by atomic mass is 10.1. The molecule has 0 aliphatic heterocycles. The summed E-state index contributed by atoms with van der Waals surface area (Å²) in [6.07, 6.45) is 3.98. The second-order valence-electron chi connectivity index (χ2n) is 4.39. The van der Waals surface area contributed by atoms with E-state index in [9.17, 15) is 0 Å². The topological polar surface area (TPSA) is 47.3 Å². The van der Waals surface area contributed by atoms with Gasteiger partial charge in [-0.25, -0.2) is 0 Å². The monoisotopic (exact) mass is 220 g/mol. The van der Waals surface area contributed by atoms with Gasteiger partial charge in [0.25, 0.3) is 0 Å². The van der Waals surface area contributed by atoms with E-state index in [2.05, 4.69) is 11.4 Å². The van der Waals surface area contributed by atoms with Crippen molar-refractivity contribution in [2.45, 2.75) is 38.0 Å². The number of benzene rings is 1. The van der Waals surface area contributed by atoms with Gasteiger partial charge in [0.2, 0.25) is 0 Å². The van der Waals surface area contributed by atoms with Crippen LogP contribution in [0.1, 0.15) is 24.8 Å². The van der Waals surface area contributed by atoms with Gasteiger partial charge in [0.05, 0.1) is 6.10 Å². The molecule has 1 saturated carbocycles. The van der Waals surface area contributed by atoms with Gasteiger partial charge in [-0.1, -0.05) is 18.2 Å². The maximum Gasteiger partial charge on any atom is 0.0724 e. The molecule has 0 aromatic heterocycles. The van der Waals surface area contributed by atoms with Crippen LogP contribution in [-0.4, -0.2) is 19.3 Å². The van der Waals surface area contributed by atoms with Crippen molar-refractivity contribution in [1.29, 1.82) is 0 Å². The van der Waals surface area contributed by atoms with Gasteiger partial charge in [-0.15, -0.1) is 0 Å². The summed E-state index contributed by atoms with van der Waals surface area (Å²) >= 11 is 0. The van der Waals surface area contributed by atoms with Gasteiger partial charge in [-0.2, -0.15) is 0 Å². The molecule has 2 atom stereocenters. The van der Waals surface area contributed by atoms with Gasteiger partial charge in [-0.3, -0.25) is 0 Å². The molecule has 3 heteroatoms. The zero-order chi connectivity index (χ0) is 11.4. The van der Waals surface area contributed by atoms with Crippen molar-refractivity contribution in [1.82, 2.24) is 5.32 Å². The average Bonchev–Trinajstić information content (AvgIpc) is 2.75. The third-order valence-corrected chi connectivity index (χ3v) is 3.37. The van der Waals surface area contributed by atoms with E-state index < -0.39 is 0 Å². The number of anilines is 1. The van der Waals surface area contributed by atoms with Crippen LogP contribution < -0.4 is 11.1 Å². The van der Waals surface area contributed by atoms with Gasteiger partial charge in [-0.05, 0) is 30.9 Å². The van der Waals surface area contributed by atoms with Crippen molar-refractivity contribution in [3.8, 4) is 0 Å². The molecule has 0 bridgehead atoms. The van der Waals surface area contributed by atoms with E-state index in [1.54, 1.807) is 7.11 Å². The van der Waals surface area contributed by atoms with Crippen LogP contribution in [0.2, 0.25) is 0 Å². The summed E-state index contributed by atoms with van der Waals surface area (Å²) in [5, 5.41) is 3.53.